The fourth-order valence-electron chi connectivity index (χ4n) is 4.78. The number of hydrogen-bond acceptors (Lipinski definition) is 8. The lowest BCUT2D eigenvalue weighted by Crippen LogP contribution is -2.54. The number of aryl methyl sites for hydroxylation is 1. The van der Waals surface area contributed by atoms with Gasteiger partial charge in [-0.3, -0.25) is 9.78 Å². The summed E-state index contributed by atoms with van der Waals surface area (Å²) in [4.78, 5) is 29.5. The SMILES string of the molecule is Cc1ccc(C(=O)NCc2cc3nc(-c4cccc(N5CC(C)NCC5C)n4)ccc3cn2)cc1S(C)(=O)=O. The third-order valence-electron chi connectivity index (χ3n) is 6.97. The van der Waals surface area contributed by atoms with E-state index in [4.69, 9.17) is 9.97 Å². The molecule has 3 aromatic heterocycles. The van der Waals surface area contributed by atoms with Gasteiger partial charge in [-0.25, -0.2) is 18.4 Å². The van der Waals surface area contributed by atoms with Crippen LogP contribution in [0.5, 0.6) is 0 Å². The van der Waals surface area contributed by atoms with Crippen LogP contribution in [0.25, 0.3) is 22.3 Å². The van der Waals surface area contributed by atoms with E-state index in [-0.39, 0.29) is 22.9 Å². The molecule has 4 aromatic rings. The summed E-state index contributed by atoms with van der Waals surface area (Å²) in [5, 5.41) is 7.21. The molecule has 5 rings (SSSR count). The van der Waals surface area contributed by atoms with Crippen molar-refractivity contribution in [2.75, 3.05) is 24.2 Å². The van der Waals surface area contributed by atoms with Crippen LogP contribution in [0, 0.1) is 6.92 Å². The maximum absolute atomic E-state index is 12.8. The van der Waals surface area contributed by atoms with Crippen molar-refractivity contribution in [3.63, 3.8) is 0 Å². The number of fused-ring (bicyclic) bond motifs is 1. The molecule has 202 valence electrons. The van der Waals surface area contributed by atoms with E-state index in [1.165, 1.54) is 6.07 Å². The van der Waals surface area contributed by atoms with E-state index in [2.05, 4.69) is 34.4 Å². The second-order valence-electron chi connectivity index (χ2n) is 10.2. The number of carbonyl (C=O) groups is 1. The monoisotopic (exact) mass is 544 g/mol. The zero-order valence-corrected chi connectivity index (χ0v) is 23.3. The van der Waals surface area contributed by atoms with Gasteiger partial charge in [0.25, 0.3) is 5.91 Å². The van der Waals surface area contributed by atoms with Crippen molar-refractivity contribution in [3.8, 4) is 11.4 Å². The van der Waals surface area contributed by atoms with Crippen LogP contribution in [-0.4, -0.2) is 60.7 Å². The van der Waals surface area contributed by atoms with Gasteiger partial charge in [0, 0.05) is 48.6 Å². The molecule has 0 spiro atoms. The van der Waals surface area contributed by atoms with Crippen molar-refractivity contribution < 1.29 is 13.2 Å². The minimum Gasteiger partial charge on any atom is -0.351 e. The lowest BCUT2D eigenvalue weighted by atomic mass is 10.1. The maximum atomic E-state index is 12.8. The summed E-state index contributed by atoms with van der Waals surface area (Å²) in [6, 6.07) is 17.2. The van der Waals surface area contributed by atoms with E-state index >= 15 is 0 Å². The highest BCUT2D eigenvalue weighted by atomic mass is 32.2. The number of anilines is 1. The lowest BCUT2D eigenvalue weighted by Gasteiger charge is -2.38. The molecule has 1 fully saturated rings. The van der Waals surface area contributed by atoms with Crippen LogP contribution < -0.4 is 15.5 Å². The Morgan fingerprint density at radius 3 is 2.67 bits per heavy atom. The van der Waals surface area contributed by atoms with Gasteiger partial charge in [-0.15, -0.1) is 0 Å². The second kappa shape index (κ2) is 10.7. The van der Waals surface area contributed by atoms with E-state index < -0.39 is 9.84 Å². The Bertz CT molecular complexity index is 1660. The van der Waals surface area contributed by atoms with Crippen LogP contribution in [0.15, 0.2) is 65.7 Å². The Kier molecular flexibility index (Phi) is 7.33. The van der Waals surface area contributed by atoms with Gasteiger partial charge in [0.15, 0.2) is 9.84 Å². The predicted octanol–water partition coefficient (Wildman–Crippen LogP) is 3.52. The van der Waals surface area contributed by atoms with Crippen molar-refractivity contribution >= 4 is 32.5 Å². The number of amides is 1. The van der Waals surface area contributed by atoms with Crippen molar-refractivity contribution in [1.29, 1.82) is 0 Å². The molecule has 2 unspecified atom stereocenters. The highest BCUT2D eigenvalue weighted by Crippen LogP contribution is 2.24. The molecule has 10 heteroatoms. The Labute approximate surface area is 228 Å². The molecule has 4 heterocycles. The number of hydrogen-bond donors (Lipinski definition) is 2. The summed E-state index contributed by atoms with van der Waals surface area (Å²) in [5.74, 6) is 0.560. The quantitative estimate of drug-likeness (QED) is 0.379. The molecule has 1 saturated heterocycles. The lowest BCUT2D eigenvalue weighted by molar-refractivity contribution is 0.0950. The normalized spacial score (nSPS) is 17.8. The number of piperazine rings is 1. The summed E-state index contributed by atoms with van der Waals surface area (Å²) in [5.41, 5.74) is 3.82. The predicted molar refractivity (Wildman–Crippen MR) is 153 cm³/mol. The fourth-order valence-corrected chi connectivity index (χ4v) is 5.77. The first kappa shape index (κ1) is 26.7. The first-order valence-electron chi connectivity index (χ1n) is 12.9. The van der Waals surface area contributed by atoms with Gasteiger partial charge >= 0.3 is 0 Å². The summed E-state index contributed by atoms with van der Waals surface area (Å²) in [6.45, 7) is 8.05. The van der Waals surface area contributed by atoms with Crippen molar-refractivity contribution in [2.24, 2.45) is 0 Å². The molecular weight excluding hydrogens is 512 g/mol. The van der Waals surface area contributed by atoms with Crippen LogP contribution in [0.2, 0.25) is 0 Å². The summed E-state index contributed by atoms with van der Waals surface area (Å²) in [7, 11) is -3.43. The van der Waals surface area contributed by atoms with Crippen LogP contribution in [-0.2, 0) is 16.4 Å². The van der Waals surface area contributed by atoms with Gasteiger partial charge < -0.3 is 15.5 Å². The molecule has 0 bridgehead atoms. The molecule has 9 nitrogen and oxygen atoms in total. The molecule has 2 atom stereocenters. The van der Waals surface area contributed by atoms with Gasteiger partial charge in [0.1, 0.15) is 5.82 Å². The van der Waals surface area contributed by atoms with E-state index in [0.29, 0.717) is 23.3 Å². The topological polar surface area (TPSA) is 117 Å². The average Bonchev–Trinajstić information content (AvgIpc) is 2.92. The Morgan fingerprint density at radius 1 is 1.08 bits per heavy atom. The Morgan fingerprint density at radius 2 is 1.87 bits per heavy atom. The van der Waals surface area contributed by atoms with Gasteiger partial charge in [0.2, 0.25) is 0 Å². The number of pyridine rings is 3. The summed E-state index contributed by atoms with van der Waals surface area (Å²) in [6.07, 6.45) is 2.87. The van der Waals surface area contributed by atoms with E-state index in [9.17, 15) is 13.2 Å². The third kappa shape index (κ3) is 5.91. The van der Waals surface area contributed by atoms with Crippen molar-refractivity contribution in [2.45, 2.75) is 44.3 Å². The minimum atomic E-state index is -3.43. The first-order chi connectivity index (χ1) is 18.6. The molecule has 1 aliphatic rings. The number of sulfone groups is 1. The number of carbonyl (C=O) groups excluding carboxylic acids is 1. The molecule has 1 amide bonds. The van der Waals surface area contributed by atoms with Crippen molar-refractivity contribution in [1.82, 2.24) is 25.6 Å². The highest BCUT2D eigenvalue weighted by Gasteiger charge is 2.23. The van der Waals surface area contributed by atoms with Gasteiger partial charge in [0.05, 0.1) is 34.0 Å². The average molecular weight is 545 g/mol. The van der Waals surface area contributed by atoms with E-state index in [1.807, 2.05) is 36.4 Å². The number of aromatic nitrogens is 3. The Balaban J connectivity index is 1.35. The zero-order chi connectivity index (χ0) is 27.7. The summed E-state index contributed by atoms with van der Waals surface area (Å²) >= 11 is 0. The molecule has 0 radical (unpaired) electrons. The van der Waals surface area contributed by atoms with E-state index in [1.54, 1.807) is 25.3 Å². The maximum Gasteiger partial charge on any atom is 0.251 e. The van der Waals surface area contributed by atoms with Crippen LogP contribution >= 0.6 is 0 Å². The minimum absolute atomic E-state index is 0.148. The first-order valence-corrected chi connectivity index (χ1v) is 14.8. The van der Waals surface area contributed by atoms with E-state index in [0.717, 1.165) is 47.5 Å². The second-order valence-corrected chi connectivity index (χ2v) is 12.2. The third-order valence-corrected chi connectivity index (χ3v) is 8.20. The number of benzene rings is 1. The fraction of sp³-hybridized carbons (Fsp3) is 0.310. The highest BCUT2D eigenvalue weighted by molar-refractivity contribution is 7.90. The van der Waals surface area contributed by atoms with Crippen LogP contribution in [0.4, 0.5) is 5.82 Å². The molecular formula is C29H32N6O3S. The molecule has 0 aliphatic carbocycles. The molecule has 1 aliphatic heterocycles. The molecule has 39 heavy (non-hydrogen) atoms. The molecule has 2 N–H and O–H groups in total. The molecule has 1 aromatic carbocycles. The largest absolute Gasteiger partial charge is 0.351 e. The number of rotatable bonds is 6. The summed E-state index contributed by atoms with van der Waals surface area (Å²) < 4.78 is 24.1. The Hall–Kier alpha value is -3.89. The zero-order valence-electron chi connectivity index (χ0n) is 22.5. The number of nitrogens with one attached hydrogen (secondary N) is 2. The van der Waals surface area contributed by atoms with Gasteiger partial charge in [-0.2, -0.15) is 0 Å². The molecule has 0 saturated carbocycles. The smallest absolute Gasteiger partial charge is 0.251 e. The van der Waals surface area contributed by atoms with Crippen molar-refractivity contribution in [3.05, 3.63) is 77.6 Å². The number of nitrogens with zero attached hydrogens (tertiary/aromatic N) is 4. The van der Waals surface area contributed by atoms with Gasteiger partial charge in [-0.05, 0) is 68.8 Å². The van der Waals surface area contributed by atoms with Crippen LogP contribution in [0.3, 0.4) is 0 Å². The standard InChI is InChI=1S/C29H32N6O3S/c1-18-8-9-21(12-27(18)39(4,37)38)29(36)32-16-23-13-26-22(15-31-23)10-11-25(33-26)24-6-5-7-28(34-24)35-17-19(2)30-14-20(35)3/h5-13,15,19-20,30H,14,16-17H2,1-4H3,(H,32,36). The van der Waals surface area contributed by atoms with Crippen LogP contribution in [0.1, 0.15) is 35.5 Å². The van der Waals surface area contributed by atoms with Gasteiger partial charge in [-0.1, -0.05) is 12.1 Å².